The number of fused-ring (bicyclic) bond motifs is 1. The van der Waals surface area contributed by atoms with Crippen LogP contribution in [0.3, 0.4) is 0 Å². The highest BCUT2D eigenvalue weighted by Gasteiger charge is 2.17. The van der Waals surface area contributed by atoms with Crippen molar-refractivity contribution in [3.8, 4) is 5.75 Å². The molecule has 0 aliphatic carbocycles. The van der Waals surface area contributed by atoms with Crippen LogP contribution >= 0.6 is 11.6 Å². The van der Waals surface area contributed by atoms with Gasteiger partial charge in [-0.1, -0.05) is 54.1 Å². The number of rotatable bonds is 5. The fraction of sp³-hybridized carbons (Fsp3) is 0.0870. The first kappa shape index (κ1) is 18.4. The highest BCUT2D eigenvalue weighted by Crippen LogP contribution is 2.34. The van der Waals surface area contributed by atoms with E-state index in [2.05, 4.69) is 4.98 Å². The Kier molecular flexibility index (Phi) is 5.24. The molecule has 3 aromatic carbocycles. The van der Waals surface area contributed by atoms with Crippen LogP contribution in [-0.4, -0.2) is 10.1 Å². The number of hydrogen-bond donors (Lipinski definition) is 1. The van der Waals surface area contributed by atoms with Gasteiger partial charge in [-0.25, -0.2) is 4.39 Å². The van der Waals surface area contributed by atoms with Crippen LogP contribution in [0.1, 0.15) is 22.8 Å². The molecule has 1 N–H and O–H groups in total. The summed E-state index contributed by atoms with van der Waals surface area (Å²) < 4.78 is 19.3. The van der Waals surface area contributed by atoms with E-state index < -0.39 is 11.9 Å². The average molecular weight is 394 g/mol. The maximum Gasteiger partial charge on any atom is 0.123 e. The maximum atomic E-state index is 13.5. The number of halogens is 2. The van der Waals surface area contributed by atoms with Crippen LogP contribution < -0.4 is 4.74 Å². The van der Waals surface area contributed by atoms with Crippen molar-refractivity contribution >= 4 is 22.5 Å². The van der Waals surface area contributed by atoms with E-state index in [1.54, 1.807) is 12.1 Å². The molecule has 0 radical (unpaired) electrons. The van der Waals surface area contributed by atoms with E-state index in [0.717, 1.165) is 5.56 Å². The predicted molar refractivity (Wildman–Crippen MR) is 108 cm³/mol. The molecule has 4 aromatic rings. The Labute approximate surface area is 167 Å². The zero-order valence-corrected chi connectivity index (χ0v) is 15.6. The molecule has 4 rings (SSSR count). The molecule has 3 nitrogen and oxygen atoms in total. The van der Waals surface area contributed by atoms with Crippen molar-refractivity contribution in [2.45, 2.75) is 12.7 Å². The molecule has 5 heteroatoms. The number of benzene rings is 3. The lowest BCUT2D eigenvalue weighted by molar-refractivity contribution is 0.219. The van der Waals surface area contributed by atoms with E-state index in [1.165, 1.54) is 18.3 Å². The zero-order chi connectivity index (χ0) is 19.5. The number of aliphatic hydroxyl groups excluding tert-OH is 1. The number of aliphatic hydroxyl groups is 1. The second-order valence-electron chi connectivity index (χ2n) is 6.44. The summed E-state index contributed by atoms with van der Waals surface area (Å²) in [5, 5.41) is 11.7. The summed E-state index contributed by atoms with van der Waals surface area (Å²) in [4.78, 5) is 4.41. The molecule has 0 bridgehead atoms. The predicted octanol–water partition coefficient (Wildman–Crippen LogP) is 5.69. The summed E-state index contributed by atoms with van der Waals surface area (Å²) in [6.07, 6.45) is 0.454. The van der Waals surface area contributed by atoms with Crippen molar-refractivity contribution in [2.75, 3.05) is 0 Å². The van der Waals surface area contributed by atoms with Crippen molar-refractivity contribution in [2.24, 2.45) is 0 Å². The average Bonchev–Trinajstić information content (AvgIpc) is 2.73. The Morgan fingerprint density at radius 2 is 1.82 bits per heavy atom. The molecule has 28 heavy (non-hydrogen) atoms. The first-order valence-electron chi connectivity index (χ1n) is 8.80. The normalized spacial score (nSPS) is 12.1. The van der Waals surface area contributed by atoms with Crippen molar-refractivity contribution < 1.29 is 14.2 Å². The smallest absolute Gasteiger partial charge is 0.123 e. The fourth-order valence-corrected chi connectivity index (χ4v) is 3.34. The minimum absolute atomic E-state index is 0.386. The van der Waals surface area contributed by atoms with Gasteiger partial charge in [0.25, 0.3) is 0 Å². The molecular weight excluding hydrogens is 377 g/mol. The summed E-state index contributed by atoms with van der Waals surface area (Å²) in [5.41, 5.74) is 2.58. The van der Waals surface area contributed by atoms with Crippen LogP contribution in [0.4, 0.5) is 4.39 Å². The minimum atomic E-state index is -1.06. The van der Waals surface area contributed by atoms with E-state index >= 15 is 0 Å². The molecule has 0 spiro atoms. The van der Waals surface area contributed by atoms with E-state index in [4.69, 9.17) is 16.3 Å². The van der Waals surface area contributed by atoms with Crippen molar-refractivity contribution in [1.29, 1.82) is 0 Å². The minimum Gasteiger partial charge on any atom is -0.489 e. The fourth-order valence-electron chi connectivity index (χ4n) is 3.03. The second-order valence-corrected chi connectivity index (χ2v) is 6.82. The molecule has 0 amide bonds. The summed E-state index contributed by atoms with van der Waals surface area (Å²) in [6, 6.07) is 21.1. The third-order valence-corrected chi connectivity index (χ3v) is 4.93. The third-order valence-electron chi connectivity index (χ3n) is 4.51. The van der Waals surface area contributed by atoms with E-state index in [9.17, 15) is 9.50 Å². The Morgan fingerprint density at radius 3 is 2.61 bits per heavy atom. The number of aromatic nitrogens is 1. The first-order chi connectivity index (χ1) is 13.6. The molecule has 0 fully saturated rings. The summed E-state index contributed by atoms with van der Waals surface area (Å²) in [6.45, 7) is 0.455. The van der Waals surface area contributed by atoms with Crippen molar-refractivity contribution in [1.82, 2.24) is 4.98 Å². The Bertz CT molecular complexity index is 1120. The summed E-state index contributed by atoms with van der Waals surface area (Å²) in [7, 11) is 0. The molecule has 1 heterocycles. The van der Waals surface area contributed by atoms with Gasteiger partial charge in [-0.2, -0.15) is 0 Å². The van der Waals surface area contributed by atoms with E-state index in [0.29, 0.717) is 39.4 Å². The number of pyridine rings is 1. The molecule has 1 unspecified atom stereocenters. The van der Waals surface area contributed by atoms with Gasteiger partial charge in [0.1, 0.15) is 24.3 Å². The van der Waals surface area contributed by atoms with Gasteiger partial charge >= 0.3 is 0 Å². The molecule has 0 saturated carbocycles. The van der Waals surface area contributed by atoms with Crippen LogP contribution in [-0.2, 0) is 6.61 Å². The highest BCUT2D eigenvalue weighted by atomic mass is 35.5. The quantitative estimate of drug-likeness (QED) is 0.473. The molecule has 0 saturated heterocycles. The van der Waals surface area contributed by atoms with Gasteiger partial charge in [0.15, 0.2) is 0 Å². The van der Waals surface area contributed by atoms with Crippen molar-refractivity contribution in [3.05, 3.63) is 107 Å². The molecule has 140 valence electrons. The molecular formula is C23H17ClFNO2. The van der Waals surface area contributed by atoms with Crippen LogP contribution in [0.2, 0.25) is 5.02 Å². The monoisotopic (exact) mass is 393 g/mol. The van der Waals surface area contributed by atoms with Crippen LogP contribution in [0, 0.1) is 5.82 Å². The molecule has 0 aliphatic heterocycles. The summed E-state index contributed by atoms with van der Waals surface area (Å²) >= 11 is 6.52. The van der Waals surface area contributed by atoms with E-state index in [1.807, 2.05) is 48.5 Å². The van der Waals surface area contributed by atoms with Crippen LogP contribution in [0.5, 0.6) is 5.75 Å². The SMILES string of the molecule is OC(c1cccc(F)c1)c1cnc2cc(OCc3ccccc3)ccc2c1Cl. The number of nitrogens with zero attached hydrogens (tertiary/aromatic N) is 1. The second kappa shape index (κ2) is 7.97. The van der Waals surface area contributed by atoms with Crippen molar-refractivity contribution in [3.63, 3.8) is 0 Å². The van der Waals surface area contributed by atoms with Gasteiger partial charge in [-0.15, -0.1) is 0 Å². The third kappa shape index (κ3) is 3.84. The van der Waals surface area contributed by atoms with Gasteiger partial charge in [0.2, 0.25) is 0 Å². The largest absolute Gasteiger partial charge is 0.489 e. The lowest BCUT2D eigenvalue weighted by atomic mass is 10.0. The Balaban J connectivity index is 1.61. The lowest BCUT2D eigenvalue weighted by Gasteiger charge is -2.15. The van der Waals surface area contributed by atoms with Gasteiger partial charge in [-0.3, -0.25) is 4.98 Å². The van der Waals surface area contributed by atoms with Gasteiger partial charge < -0.3 is 9.84 Å². The van der Waals surface area contributed by atoms with Gasteiger partial charge in [0.05, 0.1) is 10.5 Å². The molecule has 0 aliphatic rings. The highest BCUT2D eigenvalue weighted by molar-refractivity contribution is 6.36. The Morgan fingerprint density at radius 1 is 1.00 bits per heavy atom. The number of hydrogen-bond acceptors (Lipinski definition) is 3. The zero-order valence-electron chi connectivity index (χ0n) is 14.8. The van der Waals surface area contributed by atoms with Crippen LogP contribution in [0.25, 0.3) is 10.9 Å². The molecule has 1 aromatic heterocycles. The standard InChI is InChI=1S/C23H17ClFNO2/c24-22-19-10-9-18(28-14-15-5-2-1-3-6-15)12-21(19)26-13-20(22)23(27)16-7-4-8-17(25)11-16/h1-13,23,27H,14H2. The van der Waals surface area contributed by atoms with Gasteiger partial charge in [0, 0.05) is 23.2 Å². The van der Waals surface area contributed by atoms with Crippen LogP contribution in [0.15, 0.2) is 79.0 Å². The number of ether oxygens (including phenoxy) is 1. The van der Waals surface area contributed by atoms with Gasteiger partial charge in [-0.05, 0) is 35.4 Å². The summed E-state index contributed by atoms with van der Waals surface area (Å²) in [5.74, 6) is 0.264. The van der Waals surface area contributed by atoms with E-state index in [-0.39, 0.29) is 0 Å². The Hall–Kier alpha value is -2.95. The lowest BCUT2D eigenvalue weighted by Crippen LogP contribution is -2.02. The molecule has 1 atom stereocenters. The topological polar surface area (TPSA) is 42.4 Å². The first-order valence-corrected chi connectivity index (χ1v) is 9.18. The maximum absolute atomic E-state index is 13.5.